The van der Waals surface area contributed by atoms with E-state index in [1.165, 1.54) is 12.1 Å². The van der Waals surface area contributed by atoms with Crippen molar-refractivity contribution in [3.8, 4) is 11.5 Å². The number of rotatable bonds is 3. The van der Waals surface area contributed by atoms with E-state index in [-0.39, 0.29) is 31.0 Å². The lowest BCUT2D eigenvalue weighted by atomic mass is 9.94. The van der Waals surface area contributed by atoms with Crippen molar-refractivity contribution in [3.63, 3.8) is 0 Å². The van der Waals surface area contributed by atoms with Gasteiger partial charge in [0.15, 0.2) is 6.10 Å². The summed E-state index contributed by atoms with van der Waals surface area (Å²) in [6, 6.07) is 5.62. The molecule has 3 N–H and O–H groups in total. The van der Waals surface area contributed by atoms with Crippen LogP contribution >= 0.6 is 0 Å². The van der Waals surface area contributed by atoms with Gasteiger partial charge in [0.05, 0.1) is 23.5 Å². The van der Waals surface area contributed by atoms with Gasteiger partial charge in [0, 0.05) is 13.6 Å². The number of hydrogen-bond acceptors (Lipinski definition) is 4. The van der Waals surface area contributed by atoms with Crippen LogP contribution < -0.4 is 15.4 Å². The zero-order valence-electron chi connectivity index (χ0n) is 15.9. The van der Waals surface area contributed by atoms with Gasteiger partial charge in [-0.05, 0) is 42.5 Å². The summed E-state index contributed by atoms with van der Waals surface area (Å²) in [5.41, 5.74) is -0.834. The number of anilines is 2. The van der Waals surface area contributed by atoms with Crippen molar-refractivity contribution in [1.29, 1.82) is 0 Å². The maximum atomic E-state index is 13.7. The Bertz CT molecular complexity index is 978. The van der Waals surface area contributed by atoms with Crippen LogP contribution in [0.5, 0.6) is 11.5 Å². The van der Waals surface area contributed by atoms with Gasteiger partial charge in [0.25, 0.3) is 5.91 Å². The first kappa shape index (κ1) is 20.3. The zero-order valence-corrected chi connectivity index (χ0v) is 15.9. The highest BCUT2D eigenvalue weighted by Crippen LogP contribution is 2.44. The molecule has 1 amide bonds. The second kappa shape index (κ2) is 7.70. The van der Waals surface area contributed by atoms with E-state index in [9.17, 15) is 27.5 Å². The average molecular weight is 426 g/mol. The summed E-state index contributed by atoms with van der Waals surface area (Å²) >= 11 is 0. The third-order valence-electron chi connectivity index (χ3n) is 5.51. The van der Waals surface area contributed by atoms with E-state index in [1.54, 1.807) is 0 Å². The molecule has 1 aliphatic heterocycles. The molecule has 1 saturated carbocycles. The summed E-state index contributed by atoms with van der Waals surface area (Å²) in [5, 5.41) is 15.4. The standard InChI is InChI=1S/C21H20F4N2O3.H2/c22-12-5-6-15-18(7-12)30-19(10-26-15)20(29)27-16-9-17(28)13(11-3-1-2-4-11)8-14(16)21(23,24)25;/h5-9,11,19,26,28H,1-4,10H2,(H,27,29);1H. The Morgan fingerprint density at radius 3 is 2.63 bits per heavy atom. The first-order valence-electron chi connectivity index (χ1n) is 9.67. The minimum absolute atomic E-state index is 0. The second-order valence-corrected chi connectivity index (χ2v) is 7.55. The molecule has 0 bridgehead atoms. The van der Waals surface area contributed by atoms with E-state index >= 15 is 0 Å². The van der Waals surface area contributed by atoms with Gasteiger partial charge in [-0.1, -0.05) is 12.8 Å². The Morgan fingerprint density at radius 1 is 1.20 bits per heavy atom. The second-order valence-electron chi connectivity index (χ2n) is 7.55. The number of aromatic hydroxyl groups is 1. The Morgan fingerprint density at radius 2 is 1.93 bits per heavy atom. The number of benzene rings is 2. The fourth-order valence-corrected chi connectivity index (χ4v) is 4.00. The predicted octanol–water partition coefficient (Wildman–Crippen LogP) is 5.27. The smallest absolute Gasteiger partial charge is 0.418 e. The van der Waals surface area contributed by atoms with Crippen LogP contribution in [0.25, 0.3) is 0 Å². The SMILES string of the molecule is O=C(Nc1cc(O)c(C2CCCC2)cc1C(F)(F)F)C1CNc2ccc(F)cc2O1.[HH]. The van der Waals surface area contributed by atoms with Gasteiger partial charge in [-0.15, -0.1) is 0 Å². The molecule has 4 rings (SSSR count). The topological polar surface area (TPSA) is 70.6 Å². The van der Waals surface area contributed by atoms with Crippen LogP contribution in [-0.4, -0.2) is 23.7 Å². The molecule has 1 heterocycles. The third-order valence-corrected chi connectivity index (χ3v) is 5.51. The zero-order chi connectivity index (χ0) is 21.5. The lowest BCUT2D eigenvalue weighted by Gasteiger charge is -2.27. The number of halogens is 4. The van der Waals surface area contributed by atoms with Gasteiger partial charge in [0.1, 0.15) is 17.3 Å². The van der Waals surface area contributed by atoms with Crippen molar-refractivity contribution >= 4 is 17.3 Å². The monoisotopic (exact) mass is 426 g/mol. The minimum Gasteiger partial charge on any atom is -0.508 e. The Labute approximate surface area is 171 Å². The van der Waals surface area contributed by atoms with E-state index in [4.69, 9.17) is 4.74 Å². The first-order valence-corrected chi connectivity index (χ1v) is 9.67. The Kier molecular flexibility index (Phi) is 5.21. The van der Waals surface area contributed by atoms with Crippen LogP contribution in [0, 0.1) is 5.82 Å². The molecule has 5 nitrogen and oxygen atoms in total. The van der Waals surface area contributed by atoms with E-state index in [0.29, 0.717) is 18.5 Å². The van der Waals surface area contributed by atoms with E-state index in [1.807, 2.05) is 0 Å². The highest BCUT2D eigenvalue weighted by molar-refractivity contribution is 5.96. The van der Waals surface area contributed by atoms with Crippen molar-refractivity contribution < 1.29 is 33.6 Å². The number of nitrogens with one attached hydrogen (secondary N) is 2. The van der Waals surface area contributed by atoms with Crippen molar-refractivity contribution in [1.82, 2.24) is 0 Å². The predicted molar refractivity (Wildman–Crippen MR) is 104 cm³/mol. The highest BCUT2D eigenvalue weighted by Gasteiger charge is 2.37. The lowest BCUT2D eigenvalue weighted by Crippen LogP contribution is -2.41. The lowest BCUT2D eigenvalue weighted by molar-refractivity contribution is -0.137. The van der Waals surface area contributed by atoms with E-state index in [0.717, 1.165) is 31.0 Å². The molecule has 2 aliphatic rings. The number of fused-ring (bicyclic) bond motifs is 1. The van der Waals surface area contributed by atoms with E-state index < -0.39 is 35.3 Å². The molecular weight excluding hydrogens is 404 g/mol. The van der Waals surface area contributed by atoms with Crippen LogP contribution in [0.15, 0.2) is 30.3 Å². The van der Waals surface area contributed by atoms with Crippen molar-refractivity contribution in [2.45, 2.75) is 43.9 Å². The van der Waals surface area contributed by atoms with Gasteiger partial charge in [0.2, 0.25) is 0 Å². The van der Waals surface area contributed by atoms with Crippen molar-refractivity contribution in [3.05, 3.63) is 47.3 Å². The van der Waals surface area contributed by atoms with Crippen LogP contribution in [-0.2, 0) is 11.0 Å². The summed E-state index contributed by atoms with van der Waals surface area (Å²) in [6.45, 7) is -0.00203. The van der Waals surface area contributed by atoms with Crippen LogP contribution in [0.1, 0.15) is 44.2 Å². The molecule has 162 valence electrons. The molecule has 30 heavy (non-hydrogen) atoms. The number of phenols is 1. The summed E-state index contributed by atoms with van der Waals surface area (Å²) < 4.78 is 59.8. The fraction of sp³-hybridized carbons (Fsp3) is 0.381. The van der Waals surface area contributed by atoms with Crippen LogP contribution in [0.2, 0.25) is 0 Å². The molecule has 2 aromatic rings. The molecule has 0 spiro atoms. The molecular formula is C21H22F4N2O3. The molecule has 0 aromatic heterocycles. The first-order chi connectivity index (χ1) is 14.2. The van der Waals surface area contributed by atoms with Gasteiger partial charge in [-0.2, -0.15) is 13.2 Å². The number of carbonyl (C=O) groups excluding carboxylic acids is 1. The minimum atomic E-state index is -4.72. The average Bonchev–Trinajstić information content (AvgIpc) is 3.21. The molecule has 1 aliphatic carbocycles. The maximum absolute atomic E-state index is 13.7. The number of phenolic OH excluding ortho intramolecular Hbond substituents is 1. The largest absolute Gasteiger partial charge is 0.508 e. The molecule has 1 fully saturated rings. The number of alkyl halides is 3. The highest BCUT2D eigenvalue weighted by atomic mass is 19.4. The summed E-state index contributed by atoms with van der Waals surface area (Å²) in [6.07, 6.45) is -2.65. The van der Waals surface area contributed by atoms with Crippen LogP contribution in [0.4, 0.5) is 28.9 Å². The molecule has 1 atom stereocenters. The maximum Gasteiger partial charge on any atom is 0.418 e. The van der Waals surface area contributed by atoms with Gasteiger partial charge in [-0.25, -0.2) is 4.39 Å². The fourth-order valence-electron chi connectivity index (χ4n) is 4.00. The number of amides is 1. The quantitative estimate of drug-likeness (QED) is 0.585. The molecule has 0 radical (unpaired) electrons. The van der Waals surface area contributed by atoms with Crippen molar-refractivity contribution in [2.24, 2.45) is 0 Å². The van der Waals surface area contributed by atoms with E-state index in [2.05, 4.69) is 10.6 Å². The van der Waals surface area contributed by atoms with Gasteiger partial charge in [-0.3, -0.25) is 4.79 Å². The molecule has 1 unspecified atom stereocenters. The van der Waals surface area contributed by atoms with Gasteiger partial charge < -0.3 is 20.5 Å². The molecule has 0 saturated heterocycles. The van der Waals surface area contributed by atoms with Gasteiger partial charge >= 0.3 is 6.18 Å². The summed E-state index contributed by atoms with van der Waals surface area (Å²) in [7, 11) is 0. The summed E-state index contributed by atoms with van der Waals surface area (Å²) in [4.78, 5) is 12.6. The van der Waals surface area contributed by atoms with Crippen LogP contribution in [0.3, 0.4) is 0 Å². The Hall–Kier alpha value is -2.97. The third kappa shape index (κ3) is 4.01. The molecule has 9 heteroatoms. The normalized spacial score (nSPS) is 19.0. The Balaban J connectivity index is 0.00000272. The number of ether oxygens (including phenoxy) is 1. The number of hydrogen-bond donors (Lipinski definition) is 3. The van der Waals surface area contributed by atoms with Crippen molar-refractivity contribution in [2.75, 3.05) is 17.2 Å². The molecule has 2 aromatic carbocycles. The number of carbonyl (C=O) groups is 1. The summed E-state index contributed by atoms with van der Waals surface area (Å²) in [5.74, 6) is -1.72.